The summed E-state index contributed by atoms with van der Waals surface area (Å²) in [5.41, 5.74) is 6.89. The second-order valence-corrected chi connectivity index (χ2v) is 8.76. The predicted molar refractivity (Wildman–Crippen MR) is 144 cm³/mol. The molecule has 0 radical (unpaired) electrons. The maximum Gasteiger partial charge on any atom is 0.264 e. The van der Waals surface area contributed by atoms with Crippen LogP contribution in [0.2, 0.25) is 0 Å². The molecule has 2 heterocycles. The Morgan fingerprint density at radius 2 is 1.06 bits per heavy atom. The molecule has 0 saturated heterocycles. The minimum Gasteiger partial charge on any atom is -0.268 e. The van der Waals surface area contributed by atoms with Crippen LogP contribution >= 0.6 is 0 Å². The van der Waals surface area contributed by atoms with Gasteiger partial charge < -0.3 is 0 Å². The monoisotopic (exact) mass is 448 g/mol. The molecule has 0 aliphatic carbocycles. The van der Waals surface area contributed by atoms with Crippen molar-refractivity contribution in [3.63, 3.8) is 0 Å². The lowest BCUT2D eigenvalue weighted by atomic mass is 9.91. The van der Waals surface area contributed by atoms with Crippen molar-refractivity contribution in [2.24, 2.45) is 0 Å². The zero-order valence-corrected chi connectivity index (χ0v) is 18.8. The van der Waals surface area contributed by atoms with Crippen LogP contribution in [-0.4, -0.2) is 9.38 Å². The van der Waals surface area contributed by atoms with E-state index in [1.165, 1.54) is 0 Å². The van der Waals surface area contributed by atoms with Gasteiger partial charge in [0.1, 0.15) is 5.82 Å². The third kappa shape index (κ3) is 2.92. The van der Waals surface area contributed by atoms with Crippen LogP contribution in [0.1, 0.15) is 0 Å². The number of hydrogen-bond donors (Lipinski definition) is 0. The van der Waals surface area contributed by atoms with E-state index in [2.05, 4.69) is 48.5 Å². The number of benzene rings is 5. The van der Waals surface area contributed by atoms with Gasteiger partial charge in [0.2, 0.25) is 0 Å². The molecule has 0 unspecified atom stereocenters. The topological polar surface area (TPSA) is 34.4 Å². The SMILES string of the molecule is O=c1c2ccccc2c2c(-c3ccccc3)cc(-c3ccccc3)c3nc(-c4ccccc4)n1c32. The highest BCUT2D eigenvalue weighted by Crippen LogP contribution is 2.42. The fraction of sp³-hybridized carbons (Fsp3) is 0. The molecule has 0 amide bonds. The molecule has 0 N–H and O–H groups in total. The van der Waals surface area contributed by atoms with Crippen molar-refractivity contribution in [1.29, 1.82) is 0 Å². The lowest BCUT2D eigenvalue weighted by Crippen LogP contribution is -2.14. The van der Waals surface area contributed by atoms with Crippen LogP contribution in [0, 0.1) is 0 Å². The molecule has 0 saturated carbocycles. The first-order chi connectivity index (χ1) is 17.3. The quantitative estimate of drug-likeness (QED) is 0.263. The number of fused-ring (bicyclic) bond motifs is 2. The molecule has 5 aromatic carbocycles. The van der Waals surface area contributed by atoms with Crippen LogP contribution in [0.25, 0.3) is 60.8 Å². The van der Waals surface area contributed by atoms with E-state index in [1.807, 2.05) is 77.2 Å². The molecule has 164 valence electrons. The molecular weight excluding hydrogens is 428 g/mol. The summed E-state index contributed by atoms with van der Waals surface area (Å²) in [6.07, 6.45) is 0. The van der Waals surface area contributed by atoms with Gasteiger partial charge in [-0.25, -0.2) is 4.98 Å². The minimum atomic E-state index is -0.0429. The maximum absolute atomic E-state index is 14.0. The average Bonchev–Trinajstić information content (AvgIpc) is 3.34. The molecule has 0 atom stereocenters. The normalized spacial score (nSPS) is 11.5. The fourth-order valence-electron chi connectivity index (χ4n) is 5.19. The molecule has 0 aliphatic heterocycles. The van der Waals surface area contributed by atoms with E-state index in [1.54, 1.807) is 0 Å². The van der Waals surface area contributed by atoms with E-state index < -0.39 is 0 Å². The Kier molecular flexibility index (Phi) is 4.30. The molecule has 7 aromatic rings. The summed E-state index contributed by atoms with van der Waals surface area (Å²) < 4.78 is 1.82. The third-order valence-corrected chi connectivity index (χ3v) is 6.76. The molecule has 0 bridgehead atoms. The molecule has 0 aliphatic rings. The van der Waals surface area contributed by atoms with Gasteiger partial charge in [0.15, 0.2) is 0 Å². The van der Waals surface area contributed by atoms with E-state index in [0.29, 0.717) is 11.2 Å². The lowest BCUT2D eigenvalue weighted by Gasteiger charge is -2.14. The predicted octanol–water partition coefficient (Wildman–Crippen LogP) is 7.44. The lowest BCUT2D eigenvalue weighted by molar-refractivity contribution is 1.13. The number of imidazole rings is 1. The third-order valence-electron chi connectivity index (χ3n) is 6.76. The first-order valence-electron chi connectivity index (χ1n) is 11.7. The highest BCUT2D eigenvalue weighted by molar-refractivity contribution is 6.20. The van der Waals surface area contributed by atoms with Gasteiger partial charge in [-0.3, -0.25) is 9.20 Å². The summed E-state index contributed by atoms with van der Waals surface area (Å²) in [4.78, 5) is 19.1. The van der Waals surface area contributed by atoms with Crippen molar-refractivity contribution in [1.82, 2.24) is 9.38 Å². The Bertz CT molecular complexity index is 1890. The number of hydrogen-bond acceptors (Lipinski definition) is 2. The highest BCUT2D eigenvalue weighted by atomic mass is 16.1. The average molecular weight is 449 g/mol. The molecule has 7 rings (SSSR count). The van der Waals surface area contributed by atoms with Gasteiger partial charge in [-0.2, -0.15) is 0 Å². The second kappa shape index (κ2) is 7.64. The number of pyridine rings is 1. The standard InChI is InChI=1S/C32H20N2O/c35-32-25-19-11-10-18-24(25)28-26(21-12-4-1-5-13-21)20-27(22-14-6-2-7-15-22)29-30(28)34(32)31(33-29)23-16-8-3-9-17-23/h1-20H. The molecule has 0 fully saturated rings. The van der Waals surface area contributed by atoms with E-state index in [0.717, 1.165) is 49.6 Å². The van der Waals surface area contributed by atoms with Gasteiger partial charge in [0, 0.05) is 21.9 Å². The zero-order valence-electron chi connectivity index (χ0n) is 18.8. The van der Waals surface area contributed by atoms with Crippen molar-refractivity contribution in [2.45, 2.75) is 0 Å². The molecule has 2 aromatic heterocycles. The van der Waals surface area contributed by atoms with Crippen LogP contribution in [0.3, 0.4) is 0 Å². The Labute approximate surface area is 201 Å². The van der Waals surface area contributed by atoms with E-state index in [9.17, 15) is 4.79 Å². The Balaban J connectivity index is 1.78. The van der Waals surface area contributed by atoms with Crippen LogP contribution in [0.4, 0.5) is 0 Å². The van der Waals surface area contributed by atoms with Crippen molar-refractivity contribution in [2.75, 3.05) is 0 Å². The van der Waals surface area contributed by atoms with Crippen molar-refractivity contribution in [3.8, 4) is 33.6 Å². The van der Waals surface area contributed by atoms with Crippen LogP contribution in [-0.2, 0) is 0 Å². The van der Waals surface area contributed by atoms with Crippen molar-refractivity contribution >= 4 is 27.2 Å². The van der Waals surface area contributed by atoms with Gasteiger partial charge in [0.25, 0.3) is 5.56 Å². The first kappa shape index (κ1) is 19.7. The van der Waals surface area contributed by atoms with Crippen molar-refractivity contribution < 1.29 is 0 Å². The maximum atomic E-state index is 14.0. The molecular formula is C32H20N2O. The van der Waals surface area contributed by atoms with Crippen LogP contribution in [0.5, 0.6) is 0 Å². The Morgan fingerprint density at radius 3 is 1.69 bits per heavy atom. The number of nitrogens with zero attached hydrogens (tertiary/aromatic N) is 2. The first-order valence-corrected chi connectivity index (χ1v) is 11.7. The Morgan fingerprint density at radius 1 is 0.543 bits per heavy atom. The summed E-state index contributed by atoms with van der Waals surface area (Å²) in [6, 6.07) is 40.8. The minimum absolute atomic E-state index is 0.0429. The van der Waals surface area contributed by atoms with Gasteiger partial charge in [-0.05, 0) is 34.2 Å². The number of rotatable bonds is 3. The van der Waals surface area contributed by atoms with E-state index in [-0.39, 0.29) is 5.56 Å². The summed E-state index contributed by atoms with van der Waals surface area (Å²) in [5.74, 6) is 0.670. The van der Waals surface area contributed by atoms with E-state index >= 15 is 0 Å². The van der Waals surface area contributed by atoms with Gasteiger partial charge in [-0.1, -0.05) is 109 Å². The smallest absolute Gasteiger partial charge is 0.264 e. The van der Waals surface area contributed by atoms with Gasteiger partial charge in [-0.15, -0.1) is 0 Å². The molecule has 3 heteroatoms. The second-order valence-electron chi connectivity index (χ2n) is 8.76. The summed E-state index contributed by atoms with van der Waals surface area (Å²) in [6.45, 7) is 0. The number of aromatic nitrogens is 2. The fourth-order valence-corrected chi connectivity index (χ4v) is 5.19. The van der Waals surface area contributed by atoms with E-state index in [4.69, 9.17) is 4.98 Å². The highest BCUT2D eigenvalue weighted by Gasteiger charge is 2.24. The molecule has 35 heavy (non-hydrogen) atoms. The summed E-state index contributed by atoms with van der Waals surface area (Å²) in [5, 5.41) is 2.70. The van der Waals surface area contributed by atoms with Gasteiger partial charge in [0.05, 0.1) is 11.0 Å². The Hall–Kier alpha value is -4.76. The van der Waals surface area contributed by atoms with Crippen molar-refractivity contribution in [3.05, 3.63) is 132 Å². The van der Waals surface area contributed by atoms with Crippen LogP contribution < -0.4 is 5.56 Å². The van der Waals surface area contributed by atoms with Crippen LogP contribution in [0.15, 0.2) is 126 Å². The largest absolute Gasteiger partial charge is 0.268 e. The summed E-state index contributed by atoms with van der Waals surface area (Å²) in [7, 11) is 0. The van der Waals surface area contributed by atoms with Gasteiger partial charge >= 0.3 is 0 Å². The molecule has 0 spiro atoms. The molecule has 3 nitrogen and oxygen atoms in total. The zero-order chi connectivity index (χ0) is 23.4. The summed E-state index contributed by atoms with van der Waals surface area (Å²) >= 11 is 0.